The fraction of sp³-hybridized carbons (Fsp3) is 0.250. The Bertz CT molecular complexity index is 923. The summed E-state index contributed by atoms with van der Waals surface area (Å²) in [5, 5.41) is 2.75. The van der Waals surface area contributed by atoms with Crippen molar-refractivity contribution in [2.45, 2.75) is 13.3 Å². The third kappa shape index (κ3) is 3.36. The Hall–Kier alpha value is -3.35. The van der Waals surface area contributed by atoms with Crippen molar-refractivity contribution in [1.82, 2.24) is 4.90 Å². The highest BCUT2D eigenvalue weighted by atomic mass is 16.5. The summed E-state index contributed by atoms with van der Waals surface area (Å²) in [5.41, 5.74) is 1.33. The van der Waals surface area contributed by atoms with Crippen LogP contribution < -0.4 is 14.8 Å². The molecule has 0 fully saturated rings. The van der Waals surface area contributed by atoms with Gasteiger partial charge in [0.1, 0.15) is 11.5 Å². The zero-order valence-corrected chi connectivity index (χ0v) is 15.4. The van der Waals surface area contributed by atoms with Crippen LogP contribution in [0.15, 0.2) is 36.4 Å². The van der Waals surface area contributed by atoms with Gasteiger partial charge in [-0.1, -0.05) is 6.92 Å². The highest BCUT2D eigenvalue weighted by Crippen LogP contribution is 2.30. The Labute approximate surface area is 156 Å². The average Bonchev–Trinajstić information content (AvgIpc) is 2.93. The normalized spacial score (nSPS) is 12.8. The van der Waals surface area contributed by atoms with Gasteiger partial charge in [0.25, 0.3) is 17.7 Å². The van der Waals surface area contributed by atoms with Crippen molar-refractivity contribution in [3.05, 3.63) is 53.1 Å². The molecule has 2 aromatic rings. The Morgan fingerprint density at radius 3 is 2.41 bits per heavy atom. The first-order chi connectivity index (χ1) is 13.0. The third-order valence-electron chi connectivity index (χ3n) is 4.34. The van der Waals surface area contributed by atoms with E-state index in [9.17, 15) is 14.4 Å². The summed E-state index contributed by atoms with van der Waals surface area (Å²) >= 11 is 0. The second kappa shape index (κ2) is 7.49. The van der Waals surface area contributed by atoms with E-state index in [1.165, 1.54) is 37.3 Å². The zero-order chi connectivity index (χ0) is 19.6. The number of carbonyl (C=O) groups is 3. The maximum atomic E-state index is 12.6. The second-order valence-electron chi connectivity index (χ2n) is 6.04. The molecule has 2 aromatic carbocycles. The van der Waals surface area contributed by atoms with E-state index in [1.807, 2.05) is 6.92 Å². The second-order valence-corrected chi connectivity index (χ2v) is 6.04. The molecule has 3 rings (SSSR count). The van der Waals surface area contributed by atoms with E-state index in [1.54, 1.807) is 18.2 Å². The minimum atomic E-state index is -0.407. The summed E-state index contributed by atoms with van der Waals surface area (Å²) in [6.07, 6.45) is 0.677. The van der Waals surface area contributed by atoms with Gasteiger partial charge in [-0.3, -0.25) is 19.3 Å². The van der Waals surface area contributed by atoms with Crippen molar-refractivity contribution >= 4 is 23.4 Å². The molecule has 7 heteroatoms. The molecule has 0 saturated carbocycles. The number of nitrogens with one attached hydrogen (secondary N) is 1. The molecule has 0 aliphatic carbocycles. The monoisotopic (exact) mass is 368 g/mol. The first-order valence-electron chi connectivity index (χ1n) is 8.53. The number of ether oxygens (including phenoxy) is 2. The molecule has 0 atom stereocenters. The quantitative estimate of drug-likeness (QED) is 0.793. The molecule has 1 aliphatic heterocycles. The van der Waals surface area contributed by atoms with Crippen LogP contribution in [0.4, 0.5) is 5.69 Å². The van der Waals surface area contributed by atoms with Crippen molar-refractivity contribution in [2.75, 3.05) is 26.1 Å². The van der Waals surface area contributed by atoms with Crippen molar-refractivity contribution in [1.29, 1.82) is 0 Å². The van der Waals surface area contributed by atoms with Crippen molar-refractivity contribution < 1.29 is 23.9 Å². The van der Waals surface area contributed by atoms with E-state index in [0.29, 0.717) is 35.7 Å². The van der Waals surface area contributed by atoms with Crippen molar-refractivity contribution in [2.24, 2.45) is 0 Å². The molecule has 1 N–H and O–H groups in total. The average molecular weight is 368 g/mol. The summed E-state index contributed by atoms with van der Waals surface area (Å²) in [6, 6.07) is 9.53. The Morgan fingerprint density at radius 1 is 1.00 bits per heavy atom. The third-order valence-corrected chi connectivity index (χ3v) is 4.34. The fourth-order valence-corrected chi connectivity index (χ4v) is 2.95. The SMILES string of the molecule is CCCN1C(=O)c2ccc(C(=O)Nc3ccc(OC)cc3OC)cc2C1=O. The van der Waals surface area contributed by atoms with Crippen LogP contribution in [0, 0.1) is 0 Å². The molecule has 1 aliphatic rings. The van der Waals surface area contributed by atoms with E-state index in [-0.39, 0.29) is 22.9 Å². The van der Waals surface area contributed by atoms with Gasteiger partial charge in [0.15, 0.2) is 0 Å². The van der Waals surface area contributed by atoms with Crippen LogP contribution in [0.25, 0.3) is 0 Å². The van der Waals surface area contributed by atoms with Gasteiger partial charge in [0, 0.05) is 18.2 Å². The van der Waals surface area contributed by atoms with E-state index in [0.717, 1.165) is 0 Å². The maximum Gasteiger partial charge on any atom is 0.261 e. The first kappa shape index (κ1) is 18.4. The molecular weight excluding hydrogens is 348 g/mol. The number of anilines is 1. The number of hydrogen-bond donors (Lipinski definition) is 1. The number of benzene rings is 2. The Balaban J connectivity index is 1.86. The molecule has 0 bridgehead atoms. The largest absolute Gasteiger partial charge is 0.497 e. The Kier molecular flexibility index (Phi) is 5.12. The lowest BCUT2D eigenvalue weighted by atomic mass is 10.1. The molecule has 3 amide bonds. The minimum Gasteiger partial charge on any atom is -0.497 e. The molecule has 27 heavy (non-hydrogen) atoms. The van der Waals surface area contributed by atoms with Crippen molar-refractivity contribution in [3.8, 4) is 11.5 Å². The van der Waals surface area contributed by atoms with Gasteiger partial charge in [-0.2, -0.15) is 0 Å². The lowest BCUT2D eigenvalue weighted by Crippen LogP contribution is -2.30. The molecule has 1 heterocycles. The smallest absolute Gasteiger partial charge is 0.261 e. The topological polar surface area (TPSA) is 84.9 Å². The van der Waals surface area contributed by atoms with Crippen LogP contribution in [0.3, 0.4) is 0 Å². The van der Waals surface area contributed by atoms with Crippen LogP contribution >= 0.6 is 0 Å². The zero-order valence-electron chi connectivity index (χ0n) is 15.4. The molecule has 0 saturated heterocycles. The first-order valence-corrected chi connectivity index (χ1v) is 8.53. The van der Waals surface area contributed by atoms with Gasteiger partial charge in [0.2, 0.25) is 0 Å². The summed E-state index contributed by atoms with van der Waals surface area (Å²) < 4.78 is 10.4. The summed E-state index contributed by atoms with van der Waals surface area (Å²) in [5.74, 6) is -0.0450. The minimum absolute atomic E-state index is 0.253. The molecule has 7 nitrogen and oxygen atoms in total. The van der Waals surface area contributed by atoms with Gasteiger partial charge >= 0.3 is 0 Å². The predicted octanol–water partition coefficient (Wildman–Crippen LogP) is 2.96. The highest BCUT2D eigenvalue weighted by Gasteiger charge is 2.35. The lowest BCUT2D eigenvalue weighted by Gasteiger charge is -2.12. The number of hydrogen-bond acceptors (Lipinski definition) is 5. The van der Waals surface area contributed by atoms with Gasteiger partial charge in [-0.05, 0) is 36.8 Å². The van der Waals surface area contributed by atoms with Crippen LogP contribution in [0.5, 0.6) is 11.5 Å². The molecule has 0 aromatic heterocycles. The van der Waals surface area contributed by atoms with E-state index in [2.05, 4.69) is 5.32 Å². The summed E-state index contributed by atoms with van der Waals surface area (Å²) in [7, 11) is 3.03. The van der Waals surface area contributed by atoms with E-state index in [4.69, 9.17) is 9.47 Å². The summed E-state index contributed by atoms with van der Waals surface area (Å²) in [6.45, 7) is 2.25. The number of nitrogens with zero attached hydrogens (tertiary/aromatic N) is 1. The molecule has 140 valence electrons. The maximum absolute atomic E-state index is 12.6. The highest BCUT2D eigenvalue weighted by molar-refractivity contribution is 6.22. The van der Waals surface area contributed by atoms with Crippen molar-refractivity contribution in [3.63, 3.8) is 0 Å². The van der Waals surface area contributed by atoms with Gasteiger partial charge in [0.05, 0.1) is 31.0 Å². The van der Waals surface area contributed by atoms with Crippen LogP contribution in [-0.2, 0) is 0 Å². The number of rotatable bonds is 6. The number of methoxy groups -OCH3 is 2. The van der Waals surface area contributed by atoms with E-state index < -0.39 is 5.91 Å². The number of carbonyl (C=O) groups excluding carboxylic acids is 3. The molecule has 0 unspecified atom stereocenters. The van der Waals surface area contributed by atoms with Crippen LogP contribution in [-0.4, -0.2) is 43.4 Å². The Morgan fingerprint density at radius 2 is 1.74 bits per heavy atom. The standard InChI is InChI=1S/C20H20N2O5/c1-4-9-22-19(24)14-7-5-12(10-15(14)20(22)25)18(23)21-16-8-6-13(26-2)11-17(16)27-3/h5-8,10-11H,4,9H2,1-3H3,(H,21,23). The number of fused-ring (bicyclic) bond motifs is 1. The van der Waals surface area contributed by atoms with E-state index >= 15 is 0 Å². The number of amides is 3. The lowest BCUT2D eigenvalue weighted by molar-refractivity contribution is 0.0654. The van der Waals surface area contributed by atoms with Gasteiger partial charge in [-0.25, -0.2) is 0 Å². The van der Waals surface area contributed by atoms with Crippen LogP contribution in [0.2, 0.25) is 0 Å². The predicted molar refractivity (Wildman–Crippen MR) is 99.6 cm³/mol. The summed E-state index contributed by atoms with van der Waals surface area (Å²) in [4.78, 5) is 38.6. The van der Waals surface area contributed by atoms with Gasteiger partial charge < -0.3 is 14.8 Å². The fourth-order valence-electron chi connectivity index (χ4n) is 2.95. The molecule has 0 radical (unpaired) electrons. The number of imide groups is 1. The van der Waals surface area contributed by atoms with Crippen LogP contribution in [0.1, 0.15) is 44.4 Å². The van der Waals surface area contributed by atoms with Gasteiger partial charge in [-0.15, -0.1) is 0 Å². The molecular formula is C20H20N2O5. The molecule has 0 spiro atoms.